The van der Waals surface area contributed by atoms with Crippen LogP contribution in [-0.2, 0) is 19.0 Å². The van der Waals surface area contributed by atoms with Crippen molar-refractivity contribution in [2.24, 2.45) is 0 Å². The van der Waals surface area contributed by atoms with Gasteiger partial charge in [-0.05, 0) is 25.5 Å². The fourth-order valence-corrected chi connectivity index (χ4v) is 3.91. The largest absolute Gasteiger partial charge is 0.367 e. The fourth-order valence-electron chi connectivity index (χ4n) is 2.99. The maximum Gasteiger partial charge on any atom is 0.297 e. The normalized spacial score (nSPS) is 19.9. The topological polar surface area (TPSA) is 55.9 Å². The Balaban J connectivity index is 1.55. The van der Waals surface area contributed by atoms with Crippen LogP contribution in [0.4, 0.5) is 0 Å². The molecule has 0 N–H and O–H groups in total. The molecule has 0 aliphatic carbocycles. The Morgan fingerprint density at radius 3 is 2.16 bits per heavy atom. The lowest BCUT2D eigenvalue weighted by Crippen LogP contribution is -2.12. The minimum atomic E-state index is -3.68. The average molecular weight is 369 g/mol. The monoisotopic (exact) mass is 368 g/mol. The van der Waals surface area contributed by atoms with Crippen LogP contribution in [0, 0.1) is 6.92 Å². The van der Waals surface area contributed by atoms with Crippen molar-refractivity contribution in [2.45, 2.75) is 88.7 Å². The van der Waals surface area contributed by atoms with Crippen LogP contribution in [0.2, 0.25) is 0 Å². The summed E-state index contributed by atoms with van der Waals surface area (Å²) in [6, 6.07) is 6.71. The summed E-state index contributed by atoms with van der Waals surface area (Å²) < 4.78 is 34.9. The van der Waals surface area contributed by atoms with Crippen LogP contribution in [0.25, 0.3) is 0 Å². The van der Waals surface area contributed by atoms with Crippen molar-refractivity contribution in [3.8, 4) is 0 Å². The molecule has 1 aromatic rings. The van der Waals surface area contributed by atoms with E-state index in [2.05, 4.69) is 6.92 Å². The first-order valence-corrected chi connectivity index (χ1v) is 11.1. The van der Waals surface area contributed by atoms with Crippen molar-refractivity contribution in [3.05, 3.63) is 29.8 Å². The lowest BCUT2D eigenvalue weighted by Gasteiger charge is -2.04. The zero-order chi connectivity index (χ0) is 18.1. The molecule has 0 radical (unpaired) electrons. The third-order valence-electron chi connectivity index (χ3n) is 4.73. The molecular formula is C20H32O4S. The van der Waals surface area contributed by atoms with E-state index in [1.807, 2.05) is 6.92 Å². The Morgan fingerprint density at radius 1 is 0.920 bits per heavy atom. The Bertz CT molecular complexity index is 595. The summed E-state index contributed by atoms with van der Waals surface area (Å²) in [4.78, 5) is 0.207. The second-order valence-corrected chi connectivity index (χ2v) is 8.64. The van der Waals surface area contributed by atoms with E-state index in [-0.39, 0.29) is 23.7 Å². The number of hydrogen-bond acceptors (Lipinski definition) is 4. The highest BCUT2D eigenvalue weighted by molar-refractivity contribution is 7.86. The molecule has 5 heteroatoms. The van der Waals surface area contributed by atoms with Crippen molar-refractivity contribution >= 4 is 10.1 Å². The highest BCUT2D eigenvalue weighted by Crippen LogP contribution is 2.29. The fraction of sp³-hybridized carbons (Fsp3) is 0.700. The van der Waals surface area contributed by atoms with Crippen molar-refractivity contribution in [1.82, 2.24) is 0 Å². The summed E-state index contributed by atoms with van der Waals surface area (Å²) >= 11 is 0. The van der Waals surface area contributed by atoms with Gasteiger partial charge in [0.1, 0.15) is 6.10 Å². The molecule has 1 heterocycles. The lowest BCUT2D eigenvalue weighted by molar-refractivity contribution is 0.262. The van der Waals surface area contributed by atoms with Gasteiger partial charge in [-0.15, -0.1) is 0 Å². The molecule has 142 valence electrons. The van der Waals surface area contributed by atoms with Crippen molar-refractivity contribution in [2.75, 3.05) is 6.61 Å². The number of rotatable bonds is 13. The SMILES string of the molecule is CCCCCCCCCC[C@H]1O[C@@H]1COS(=O)(=O)c1ccc(C)cc1. The van der Waals surface area contributed by atoms with Gasteiger partial charge in [-0.3, -0.25) is 4.18 Å². The van der Waals surface area contributed by atoms with Gasteiger partial charge in [0, 0.05) is 0 Å². The summed E-state index contributed by atoms with van der Waals surface area (Å²) in [5, 5.41) is 0. The summed E-state index contributed by atoms with van der Waals surface area (Å²) in [6.45, 7) is 4.28. The summed E-state index contributed by atoms with van der Waals surface area (Å²) in [6.07, 6.45) is 11.5. The molecule has 0 unspecified atom stereocenters. The van der Waals surface area contributed by atoms with E-state index >= 15 is 0 Å². The van der Waals surface area contributed by atoms with E-state index in [4.69, 9.17) is 8.92 Å². The van der Waals surface area contributed by atoms with Gasteiger partial charge in [0.25, 0.3) is 10.1 Å². The van der Waals surface area contributed by atoms with Crippen molar-refractivity contribution in [3.63, 3.8) is 0 Å². The van der Waals surface area contributed by atoms with Gasteiger partial charge in [-0.2, -0.15) is 8.42 Å². The van der Waals surface area contributed by atoms with Crippen LogP contribution >= 0.6 is 0 Å². The van der Waals surface area contributed by atoms with E-state index in [1.54, 1.807) is 24.3 Å². The third-order valence-corrected chi connectivity index (χ3v) is 6.02. The van der Waals surface area contributed by atoms with E-state index in [0.29, 0.717) is 0 Å². The van der Waals surface area contributed by atoms with E-state index in [1.165, 1.54) is 44.9 Å². The van der Waals surface area contributed by atoms with Gasteiger partial charge < -0.3 is 4.74 Å². The van der Waals surface area contributed by atoms with Crippen LogP contribution in [0.15, 0.2) is 29.2 Å². The van der Waals surface area contributed by atoms with E-state index in [9.17, 15) is 8.42 Å². The quantitative estimate of drug-likeness (QED) is 0.279. The molecule has 2 atom stereocenters. The number of hydrogen-bond donors (Lipinski definition) is 0. The van der Waals surface area contributed by atoms with Crippen LogP contribution in [-0.4, -0.2) is 27.2 Å². The number of benzene rings is 1. The predicted molar refractivity (Wildman–Crippen MR) is 100 cm³/mol. The maximum absolute atomic E-state index is 12.1. The Hall–Kier alpha value is -0.910. The highest BCUT2D eigenvalue weighted by Gasteiger charge is 2.39. The van der Waals surface area contributed by atoms with Crippen LogP contribution in [0.3, 0.4) is 0 Å². The minimum Gasteiger partial charge on any atom is -0.367 e. The summed E-state index contributed by atoms with van der Waals surface area (Å²) in [5.74, 6) is 0. The number of epoxide rings is 1. The first-order valence-electron chi connectivity index (χ1n) is 9.64. The van der Waals surface area contributed by atoms with Crippen LogP contribution in [0.1, 0.15) is 70.3 Å². The molecule has 4 nitrogen and oxygen atoms in total. The van der Waals surface area contributed by atoms with Crippen LogP contribution < -0.4 is 0 Å². The molecule has 0 saturated carbocycles. The van der Waals surface area contributed by atoms with E-state index < -0.39 is 10.1 Å². The van der Waals surface area contributed by atoms with E-state index in [0.717, 1.165) is 18.4 Å². The molecule has 1 saturated heterocycles. The maximum atomic E-state index is 12.1. The molecule has 1 aromatic carbocycles. The van der Waals surface area contributed by atoms with Crippen molar-refractivity contribution < 1.29 is 17.3 Å². The summed E-state index contributed by atoms with van der Waals surface area (Å²) in [7, 11) is -3.68. The minimum absolute atomic E-state index is 0.0650. The van der Waals surface area contributed by atoms with Gasteiger partial charge in [0.15, 0.2) is 0 Å². The summed E-state index contributed by atoms with van der Waals surface area (Å²) in [5.41, 5.74) is 1.02. The predicted octanol–water partition coefficient (Wildman–Crippen LogP) is 5.00. The average Bonchev–Trinajstić information content (AvgIpc) is 3.34. The van der Waals surface area contributed by atoms with Crippen LogP contribution in [0.5, 0.6) is 0 Å². The first-order chi connectivity index (χ1) is 12.0. The highest BCUT2D eigenvalue weighted by atomic mass is 32.2. The number of ether oxygens (including phenoxy) is 1. The van der Waals surface area contributed by atoms with Crippen molar-refractivity contribution in [1.29, 1.82) is 0 Å². The zero-order valence-electron chi connectivity index (χ0n) is 15.6. The molecule has 1 aliphatic heterocycles. The van der Waals surface area contributed by atoms with Gasteiger partial charge in [0.2, 0.25) is 0 Å². The molecule has 25 heavy (non-hydrogen) atoms. The first kappa shape index (κ1) is 20.4. The lowest BCUT2D eigenvalue weighted by atomic mass is 10.1. The molecule has 2 rings (SSSR count). The Morgan fingerprint density at radius 2 is 1.52 bits per heavy atom. The number of unbranched alkanes of at least 4 members (excludes halogenated alkanes) is 7. The third kappa shape index (κ3) is 7.47. The molecular weight excluding hydrogens is 336 g/mol. The van der Waals surface area contributed by atoms with Gasteiger partial charge >= 0.3 is 0 Å². The molecule has 0 aromatic heterocycles. The Labute approximate surface area is 153 Å². The zero-order valence-corrected chi connectivity index (χ0v) is 16.4. The van der Waals surface area contributed by atoms with Gasteiger partial charge in [-0.1, -0.05) is 76.0 Å². The molecule has 0 amide bonds. The second kappa shape index (κ2) is 10.3. The smallest absolute Gasteiger partial charge is 0.297 e. The molecule has 1 fully saturated rings. The molecule has 0 spiro atoms. The standard InChI is InChI=1S/C20H32O4S/c1-3-4-5-6-7-8-9-10-11-19-20(24-19)16-23-25(21,22)18-14-12-17(2)13-15-18/h12-15,19-20H,3-11,16H2,1-2H3/t19-,20-/m1/s1. The van der Waals surface area contributed by atoms with Gasteiger partial charge in [-0.25, -0.2) is 0 Å². The Kier molecular flexibility index (Phi) is 8.40. The molecule has 0 bridgehead atoms. The second-order valence-electron chi connectivity index (χ2n) is 7.03. The molecule has 1 aliphatic rings. The van der Waals surface area contributed by atoms with Gasteiger partial charge in [0.05, 0.1) is 17.6 Å². The number of aryl methyl sites for hydroxylation is 1.